The van der Waals surface area contributed by atoms with E-state index in [0.29, 0.717) is 5.82 Å². The van der Waals surface area contributed by atoms with Crippen molar-refractivity contribution in [3.05, 3.63) is 304 Å². The largest absolute Gasteiger partial charge is 0.311 e. The molecule has 20 rings (SSSR count). The molecule has 0 atom stereocenters. The van der Waals surface area contributed by atoms with Crippen LogP contribution in [0.5, 0.6) is 0 Å². The highest BCUT2D eigenvalue weighted by Crippen LogP contribution is 2.53. The topological polar surface area (TPSA) is 45.2 Å². The SMILES string of the molecule is c1ccc(-c2cc(-c3ccccc3)cc(N3c4cc(-c5ncncn5)cc5c4B(c4c3cc3c6cccc7cccc(c8cccc4c83)c76)c3c(cc4c6cccc7cccc(c8cccc3c84)c76)N5c3cc(-c4ccccc4)cc(-c4ccccc4)c3)c2)cc1. The van der Waals surface area contributed by atoms with Crippen molar-refractivity contribution in [3.63, 3.8) is 0 Å². The van der Waals surface area contributed by atoms with Gasteiger partial charge in [-0.05, 0) is 208 Å². The Labute approximate surface area is 524 Å². The predicted molar refractivity (Wildman–Crippen MR) is 383 cm³/mol. The van der Waals surface area contributed by atoms with E-state index in [-0.39, 0.29) is 6.71 Å². The lowest BCUT2D eigenvalue weighted by atomic mass is 9.32. The van der Waals surface area contributed by atoms with Gasteiger partial charge in [0, 0.05) is 39.7 Å². The monoisotopic (exact) mass is 1150 g/mol. The summed E-state index contributed by atoms with van der Waals surface area (Å²) >= 11 is 0. The van der Waals surface area contributed by atoms with E-state index < -0.39 is 0 Å². The van der Waals surface area contributed by atoms with Crippen molar-refractivity contribution in [1.29, 1.82) is 0 Å². The molecule has 17 aromatic carbocycles. The Hall–Kier alpha value is -12.0. The summed E-state index contributed by atoms with van der Waals surface area (Å²) in [6, 6.07) is 109. The number of anilines is 6. The Bertz CT molecular complexity index is 5550. The molecule has 18 aromatic rings. The van der Waals surface area contributed by atoms with Gasteiger partial charge >= 0.3 is 0 Å². The molecule has 5 nitrogen and oxygen atoms in total. The van der Waals surface area contributed by atoms with Gasteiger partial charge in [0.2, 0.25) is 0 Å². The van der Waals surface area contributed by atoms with Crippen LogP contribution in [-0.4, -0.2) is 21.7 Å². The lowest BCUT2D eigenvalue weighted by Gasteiger charge is -2.45. The smallest absolute Gasteiger partial charge is 0.253 e. The molecule has 2 aliphatic rings. The Morgan fingerprint density at radius 2 is 0.549 bits per heavy atom. The average Bonchev–Trinajstić information content (AvgIpc) is 0.676. The molecule has 6 heteroatoms. The van der Waals surface area contributed by atoms with Crippen LogP contribution in [0.1, 0.15) is 0 Å². The van der Waals surface area contributed by atoms with Gasteiger partial charge in [0.15, 0.2) is 5.82 Å². The minimum atomic E-state index is -0.291. The molecule has 418 valence electrons. The second kappa shape index (κ2) is 19.3. The maximum Gasteiger partial charge on any atom is 0.253 e. The zero-order valence-electron chi connectivity index (χ0n) is 49.2. The van der Waals surface area contributed by atoms with Gasteiger partial charge in [0.1, 0.15) is 12.7 Å². The molecule has 0 bridgehead atoms. The first kappa shape index (κ1) is 50.1. The third kappa shape index (κ3) is 7.33. The van der Waals surface area contributed by atoms with Gasteiger partial charge < -0.3 is 9.80 Å². The quantitative estimate of drug-likeness (QED) is 0.0904. The molecule has 91 heavy (non-hydrogen) atoms. The van der Waals surface area contributed by atoms with Gasteiger partial charge in [-0.3, -0.25) is 0 Å². The van der Waals surface area contributed by atoms with E-state index in [4.69, 9.17) is 9.97 Å². The minimum absolute atomic E-state index is 0.291. The van der Waals surface area contributed by atoms with Crippen LogP contribution in [-0.2, 0) is 0 Å². The van der Waals surface area contributed by atoms with Gasteiger partial charge in [0.05, 0.1) is 0 Å². The fourth-order valence-corrected chi connectivity index (χ4v) is 16.1. The van der Waals surface area contributed by atoms with Crippen LogP contribution in [0.2, 0.25) is 0 Å². The molecule has 0 fully saturated rings. The first-order chi connectivity index (χ1) is 45.1. The first-order valence-corrected chi connectivity index (χ1v) is 31.3. The van der Waals surface area contributed by atoms with Crippen molar-refractivity contribution in [2.24, 2.45) is 0 Å². The summed E-state index contributed by atoms with van der Waals surface area (Å²) in [4.78, 5) is 19.6. The van der Waals surface area contributed by atoms with Crippen molar-refractivity contribution >= 4 is 143 Å². The van der Waals surface area contributed by atoms with Crippen molar-refractivity contribution < 1.29 is 0 Å². The van der Waals surface area contributed by atoms with E-state index in [1.54, 1.807) is 12.7 Å². The second-order valence-electron chi connectivity index (χ2n) is 24.6. The fourth-order valence-electron chi connectivity index (χ4n) is 16.1. The Morgan fingerprint density at radius 3 is 0.923 bits per heavy atom. The van der Waals surface area contributed by atoms with Gasteiger partial charge in [-0.2, -0.15) is 0 Å². The summed E-state index contributed by atoms with van der Waals surface area (Å²) in [6.07, 6.45) is 3.25. The summed E-state index contributed by atoms with van der Waals surface area (Å²) in [5, 5.41) is 20.0. The van der Waals surface area contributed by atoms with Crippen LogP contribution in [0.3, 0.4) is 0 Å². The first-order valence-electron chi connectivity index (χ1n) is 31.3. The maximum absolute atomic E-state index is 5.01. The van der Waals surface area contributed by atoms with Gasteiger partial charge in [0.25, 0.3) is 6.71 Å². The molecule has 0 radical (unpaired) electrons. The van der Waals surface area contributed by atoms with Crippen LogP contribution in [0.15, 0.2) is 304 Å². The standard InChI is InChI=1S/C85H50BN5/c1-5-19-51(20-6-1)57-39-58(52-21-7-2-8-22-52)42-62(41-57)90-74-45-61(85-88-49-87-50-89-85)46-75-84(74)86(82-70-37-17-35-66-64-31-13-27-55-29-15-33-68(78(55)64)72(80(66)70)47-76(82)90)83-71-38-18-36-67-65-32-14-28-56-30-16-34-69(79(56)65)73(81(67)71)48-77(83)91(75)63-43-59(53-23-9-3-10-24-53)40-60(44-63)54-25-11-4-12-26-54/h1-50H. The van der Waals surface area contributed by atoms with Gasteiger partial charge in [-0.1, -0.05) is 231 Å². The van der Waals surface area contributed by atoms with Crippen LogP contribution >= 0.6 is 0 Å². The minimum Gasteiger partial charge on any atom is -0.311 e. The summed E-state index contributed by atoms with van der Waals surface area (Å²) in [5.74, 6) is 0.594. The molecule has 2 aliphatic heterocycles. The van der Waals surface area contributed by atoms with Crippen LogP contribution < -0.4 is 26.2 Å². The molecule has 0 saturated heterocycles. The number of hydrogen-bond donors (Lipinski definition) is 0. The number of benzene rings is 17. The molecule has 0 saturated carbocycles. The lowest BCUT2D eigenvalue weighted by molar-refractivity contribution is 1.05. The van der Waals surface area contributed by atoms with Crippen LogP contribution in [0.25, 0.3) is 142 Å². The predicted octanol–water partition coefficient (Wildman–Crippen LogP) is 20.4. The van der Waals surface area contributed by atoms with Crippen LogP contribution in [0, 0.1) is 0 Å². The third-order valence-corrected chi connectivity index (χ3v) is 19.8. The van der Waals surface area contributed by atoms with E-state index in [1.807, 2.05) is 0 Å². The van der Waals surface area contributed by atoms with Crippen molar-refractivity contribution in [2.75, 3.05) is 9.80 Å². The number of nitrogens with zero attached hydrogens (tertiary/aromatic N) is 5. The molecule has 0 spiro atoms. The normalized spacial score (nSPS) is 12.8. The molecule has 1 aromatic heterocycles. The molecule has 0 unspecified atom stereocenters. The van der Waals surface area contributed by atoms with E-state index >= 15 is 0 Å². The highest BCUT2D eigenvalue weighted by molar-refractivity contribution is 7.03. The van der Waals surface area contributed by atoms with Gasteiger partial charge in [-0.15, -0.1) is 0 Å². The molecular formula is C85H50BN5. The van der Waals surface area contributed by atoms with E-state index in [0.717, 1.165) is 84.2 Å². The molecule has 0 N–H and O–H groups in total. The number of fused-ring (bicyclic) bond motifs is 10. The Balaban J connectivity index is 1.01. The molecule has 0 amide bonds. The zero-order valence-corrected chi connectivity index (χ0v) is 49.2. The van der Waals surface area contributed by atoms with E-state index in [1.165, 1.54) is 103 Å². The summed E-state index contributed by atoms with van der Waals surface area (Å²) in [6.45, 7) is -0.291. The van der Waals surface area contributed by atoms with Gasteiger partial charge in [-0.25, -0.2) is 15.0 Å². The average molecular weight is 1150 g/mol. The summed E-state index contributed by atoms with van der Waals surface area (Å²) in [7, 11) is 0. The van der Waals surface area contributed by atoms with E-state index in [2.05, 4.69) is 306 Å². The number of aromatic nitrogens is 3. The summed E-state index contributed by atoms with van der Waals surface area (Å²) < 4.78 is 0. The fraction of sp³-hybridized carbons (Fsp3) is 0. The Kier molecular flexibility index (Phi) is 10.6. The molecule has 3 heterocycles. The lowest BCUT2D eigenvalue weighted by Crippen LogP contribution is -2.61. The second-order valence-corrected chi connectivity index (χ2v) is 24.6. The van der Waals surface area contributed by atoms with Crippen LogP contribution in [0.4, 0.5) is 34.1 Å². The highest BCUT2D eigenvalue weighted by atomic mass is 15.2. The Morgan fingerprint density at radius 1 is 0.231 bits per heavy atom. The number of hydrogen-bond acceptors (Lipinski definition) is 5. The summed E-state index contributed by atoms with van der Waals surface area (Å²) in [5.41, 5.74) is 20.1. The van der Waals surface area contributed by atoms with Crippen molar-refractivity contribution in [1.82, 2.24) is 15.0 Å². The molecule has 0 aliphatic carbocycles. The zero-order chi connectivity index (χ0) is 59.4. The molecular weight excluding hydrogens is 1100 g/mol. The van der Waals surface area contributed by atoms with Crippen molar-refractivity contribution in [2.45, 2.75) is 0 Å². The number of rotatable bonds is 7. The third-order valence-electron chi connectivity index (χ3n) is 19.8. The highest BCUT2D eigenvalue weighted by Gasteiger charge is 2.47. The van der Waals surface area contributed by atoms with E-state index in [9.17, 15) is 0 Å². The maximum atomic E-state index is 5.01. The van der Waals surface area contributed by atoms with Crippen molar-refractivity contribution in [3.8, 4) is 55.9 Å².